The summed E-state index contributed by atoms with van der Waals surface area (Å²) in [7, 11) is 0. The molecule has 0 saturated carbocycles. The molecule has 1 nitrogen and oxygen atoms in total. The topological polar surface area (TPSA) is 17.1 Å². The fraction of sp³-hybridized carbons (Fsp3) is 0.154. The van der Waals surface area contributed by atoms with Crippen LogP contribution in [0.2, 0.25) is 0 Å². The van der Waals surface area contributed by atoms with Crippen molar-refractivity contribution in [1.82, 2.24) is 0 Å². The maximum Gasteiger partial charge on any atom is 0.186 e. The standard InChI is InChI=1S/C13H14OS/c1-3-12-6-4-7-13(10-12)8-5-9-15-11(2)14/h3-8,10H,1,9H2,2H3. The van der Waals surface area contributed by atoms with Crippen molar-refractivity contribution in [2.75, 3.05) is 5.75 Å². The summed E-state index contributed by atoms with van der Waals surface area (Å²) in [5, 5.41) is 0.152. The van der Waals surface area contributed by atoms with Gasteiger partial charge in [0, 0.05) is 12.7 Å². The van der Waals surface area contributed by atoms with Gasteiger partial charge in [-0.2, -0.15) is 0 Å². The van der Waals surface area contributed by atoms with Gasteiger partial charge in [-0.25, -0.2) is 0 Å². The quantitative estimate of drug-likeness (QED) is 0.767. The molecule has 0 aliphatic carbocycles. The summed E-state index contributed by atoms with van der Waals surface area (Å²) in [5.41, 5.74) is 2.24. The molecule has 0 atom stereocenters. The maximum absolute atomic E-state index is 10.7. The number of hydrogen-bond donors (Lipinski definition) is 0. The van der Waals surface area contributed by atoms with E-state index >= 15 is 0 Å². The molecule has 0 saturated heterocycles. The van der Waals surface area contributed by atoms with Gasteiger partial charge in [-0.3, -0.25) is 4.79 Å². The van der Waals surface area contributed by atoms with Gasteiger partial charge < -0.3 is 0 Å². The number of thioether (sulfide) groups is 1. The third-order valence-electron chi connectivity index (χ3n) is 1.84. The Balaban J connectivity index is 2.56. The minimum atomic E-state index is 0.152. The van der Waals surface area contributed by atoms with Crippen molar-refractivity contribution in [3.8, 4) is 0 Å². The Morgan fingerprint density at radius 3 is 2.87 bits per heavy atom. The molecule has 0 radical (unpaired) electrons. The Labute approximate surface area is 94.9 Å². The van der Waals surface area contributed by atoms with E-state index < -0.39 is 0 Å². The van der Waals surface area contributed by atoms with Crippen LogP contribution >= 0.6 is 11.8 Å². The van der Waals surface area contributed by atoms with Crippen LogP contribution in [0, 0.1) is 0 Å². The Morgan fingerprint density at radius 1 is 1.47 bits per heavy atom. The monoisotopic (exact) mass is 218 g/mol. The van der Waals surface area contributed by atoms with Gasteiger partial charge in [-0.15, -0.1) is 0 Å². The summed E-state index contributed by atoms with van der Waals surface area (Å²) in [4.78, 5) is 10.7. The zero-order valence-electron chi connectivity index (χ0n) is 8.77. The molecule has 0 amide bonds. The fourth-order valence-corrected chi connectivity index (χ4v) is 1.57. The molecule has 15 heavy (non-hydrogen) atoms. The van der Waals surface area contributed by atoms with Crippen molar-refractivity contribution >= 4 is 29.0 Å². The zero-order valence-corrected chi connectivity index (χ0v) is 9.59. The first-order valence-corrected chi connectivity index (χ1v) is 5.73. The van der Waals surface area contributed by atoms with Gasteiger partial charge in [0.1, 0.15) is 0 Å². The molecule has 0 fully saturated rings. The highest BCUT2D eigenvalue weighted by molar-refractivity contribution is 8.13. The first kappa shape index (κ1) is 11.8. The predicted molar refractivity (Wildman–Crippen MR) is 68.7 cm³/mol. The average molecular weight is 218 g/mol. The number of hydrogen-bond acceptors (Lipinski definition) is 2. The minimum absolute atomic E-state index is 0.152. The van der Waals surface area contributed by atoms with Gasteiger partial charge in [-0.1, -0.05) is 54.8 Å². The van der Waals surface area contributed by atoms with Crippen LogP contribution in [0.1, 0.15) is 18.1 Å². The van der Waals surface area contributed by atoms with E-state index in [9.17, 15) is 4.79 Å². The molecule has 1 aromatic rings. The molecule has 0 aliphatic rings. The molecule has 0 N–H and O–H groups in total. The first-order chi connectivity index (χ1) is 7.22. The van der Waals surface area contributed by atoms with Crippen LogP contribution in [-0.2, 0) is 4.79 Å². The Hall–Kier alpha value is -1.28. The summed E-state index contributed by atoms with van der Waals surface area (Å²) >= 11 is 1.31. The van der Waals surface area contributed by atoms with Crippen molar-refractivity contribution in [3.05, 3.63) is 48.0 Å². The van der Waals surface area contributed by atoms with Gasteiger partial charge in [-0.05, 0) is 17.2 Å². The lowest BCUT2D eigenvalue weighted by Gasteiger charge is -1.95. The van der Waals surface area contributed by atoms with E-state index in [0.29, 0.717) is 0 Å². The van der Waals surface area contributed by atoms with E-state index in [4.69, 9.17) is 0 Å². The number of rotatable bonds is 4. The van der Waals surface area contributed by atoms with E-state index in [1.165, 1.54) is 11.8 Å². The Bertz CT molecular complexity index is 380. The van der Waals surface area contributed by atoms with E-state index in [1.807, 2.05) is 36.4 Å². The number of benzene rings is 1. The summed E-state index contributed by atoms with van der Waals surface area (Å²) in [5.74, 6) is 0.730. The van der Waals surface area contributed by atoms with E-state index in [-0.39, 0.29) is 5.12 Å². The van der Waals surface area contributed by atoms with Crippen molar-refractivity contribution in [2.24, 2.45) is 0 Å². The highest BCUT2D eigenvalue weighted by Gasteiger charge is 1.90. The van der Waals surface area contributed by atoms with Gasteiger partial charge in [0.05, 0.1) is 0 Å². The Kier molecular flexibility index (Phi) is 4.91. The molecule has 0 aromatic heterocycles. The molecule has 1 rings (SSSR count). The molecular formula is C13H14OS. The van der Waals surface area contributed by atoms with Crippen molar-refractivity contribution < 1.29 is 4.79 Å². The van der Waals surface area contributed by atoms with Gasteiger partial charge in [0.25, 0.3) is 0 Å². The van der Waals surface area contributed by atoms with Crippen LogP contribution < -0.4 is 0 Å². The van der Waals surface area contributed by atoms with Crippen molar-refractivity contribution in [1.29, 1.82) is 0 Å². The normalized spacial score (nSPS) is 10.5. The molecule has 0 heterocycles. The second-order valence-corrected chi connectivity index (χ2v) is 4.28. The highest BCUT2D eigenvalue weighted by Crippen LogP contribution is 2.09. The third kappa shape index (κ3) is 4.66. The second-order valence-electron chi connectivity index (χ2n) is 3.08. The van der Waals surface area contributed by atoms with Crippen LogP contribution in [0.3, 0.4) is 0 Å². The van der Waals surface area contributed by atoms with Crippen LogP contribution in [0.4, 0.5) is 0 Å². The molecule has 0 unspecified atom stereocenters. The lowest BCUT2D eigenvalue weighted by atomic mass is 10.1. The molecule has 2 heteroatoms. The first-order valence-electron chi connectivity index (χ1n) is 4.75. The van der Waals surface area contributed by atoms with Crippen molar-refractivity contribution in [2.45, 2.75) is 6.92 Å². The van der Waals surface area contributed by atoms with Gasteiger partial charge >= 0.3 is 0 Å². The molecule has 78 valence electrons. The van der Waals surface area contributed by atoms with E-state index in [2.05, 4.69) is 12.6 Å². The zero-order chi connectivity index (χ0) is 11.1. The molecule has 0 aliphatic heterocycles. The molecule has 1 aromatic carbocycles. The lowest BCUT2D eigenvalue weighted by Crippen LogP contribution is -1.81. The summed E-state index contributed by atoms with van der Waals surface area (Å²) in [6.45, 7) is 5.30. The molecule has 0 spiro atoms. The Morgan fingerprint density at radius 2 is 2.20 bits per heavy atom. The largest absolute Gasteiger partial charge is 0.288 e. The predicted octanol–water partition coefficient (Wildman–Crippen LogP) is 3.62. The summed E-state index contributed by atoms with van der Waals surface area (Å²) < 4.78 is 0. The molecule has 0 bridgehead atoms. The average Bonchev–Trinajstić information content (AvgIpc) is 2.24. The minimum Gasteiger partial charge on any atom is -0.288 e. The van der Waals surface area contributed by atoms with Gasteiger partial charge in [0.15, 0.2) is 5.12 Å². The van der Waals surface area contributed by atoms with Crippen molar-refractivity contribution in [3.63, 3.8) is 0 Å². The highest BCUT2D eigenvalue weighted by atomic mass is 32.2. The van der Waals surface area contributed by atoms with E-state index in [0.717, 1.165) is 16.9 Å². The summed E-state index contributed by atoms with van der Waals surface area (Å²) in [6, 6.07) is 8.09. The number of carbonyl (C=O) groups excluding carboxylic acids is 1. The van der Waals surface area contributed by atoms with Crippen LogP contribution in [-0.4, -0.2) is 10.9 Å². The summed E-state index contributed by atoms with van der Waals surface area (Å²) in [6.07, 6.45) is 5.83. The lowest BCUT2D eigenvalue weighted by molar-refractivity contribution is -0.109. The van der Waals surface area contributed by atoms with E-state index in [1.54, 1.807) is 6.92 Å². The van der Waals surface area contributed by atoms with Crippen LogP contribution in [0.25, 0.3) is 12.2 Å². The SMILES string of the molecule is C=Cc1cccc(C=CCSC(C)=O)c1. The maximum atomic E-state index is 10.7. The van der Waals surface area contributed by atoms with Gasteiger partial charge in [0.2, 0.25) is 0 Å². The fourth-order valence-electron chi connectivity index (χ4n) is 1.14. The third-order valence-corrected chi connectivity index (χ3v) is 2.61. The van der Waals surface area contributed by atoms with Crippen LogP contribution in [0.5, 0.6) is 0 Å². The second kappa shape index (κ2) is 6.25. The smallest absolute Gasteiger partial charge is 0.186 e. The molecular weight excluding hydrogens is 204 g/mol. The van der Waals surface area contributed by atoms with Crippen LogP contribution in [0.15, 0.2) is 36.9 Å². The number of carbonyl (C=O) groups is 1.